The van der Waals surface area contributed by atoms with Gasteiger partial charge in [0, 0.05) is 16.1 Å². The quantitative estimate of drug-likeness (QED) is 0.779. The van der Waals surface area contributed by atoms with Gasteiger partial charge in [0.1, 0.15) is 0 Å². The van der Waals surface area contributed by atoms with Crippen molar-refractivity contribution in [2.75, 3.05) is 5.32 Å². The van der Waals surface area contributed by atoms with E-state index in [1.54, 1.807) is 12.3 Å². The summed E-state index contributed by atoms with van der Waals surface area (Å²) in [4.78, 5) is 15.7. The fourth-order valence-electron chi connectivity index (χ4n) is 1.72. The van der Waals surface area contributed by atoms with Crippen molar-refractivity contribution in [2.24, 2.45) is 0 Å². The first-order valence-corrected chi connectivity index (χ1v) is 4.95. The molecule has 3 nitrogen and oxygen atoms in total. The van der Waals surface area contributed by atoms with E-state index in [4.69, 9.17) is 0 Å². The van der Waals surface area contributed by atoms with Gasteiger partial charge in [0.2, 0.25) is 0 Å². The van der Waals surface area contributed by atoms with Gasteiger partial charge in [-0.3, -0.25) is 9.78 Å². The number of anilines is 1. The summed E-state index contributed by atoms with van der Waals surface area (Å²) in [5.74, 6) is -0.0505. The number of nitrogens with zero attached hydrogens (tertiary/aromatic N) is 1. The van der Waals surface area contributed by atoms with Crippen molar-refractivity contribution in [3.63, 3.8) is 0 Å². The summed E-state index contributed by atoms with van der Waals surface area (Å²) < 4.78 is 0.912. The number of carbonyl (C=O) groups excluding carboxylic acids is 1. The molecule has 0 unspecified atom stereocenters. The molecule has 0 spiro atoms. The van der Waals surface area contributed by atoms with Crippen LogP contribution < -0.4 is 5.32 Å². The molecule has 0 bridgehead atoms. The second-order valence-electron chi connectivity index (χ2n) is 3.13. The lowest BCUT2D eigenvalue weighted by Crippen LogP contribution is -2.03. The number of halogens is 1. The first-order chi connectivity index (χ1) is 6.77. The molecule has 1 aromatic heterocycles. The highest BCUT2D eigenvalue weighted by atomic mass is 79.9. The maximum Gasteiger partial charge on any atom is 0.256 e. The van der Waals surface area contributed by atoms with E-state index in [-0.39, 0.29) is 5.91 Å². The smallest absolute Gasteiger partial charge is 0.256 e. The van der Waals surface area contributed by atoms with Gasteiger partial charge in [0.05, 0.1) is 16.8 Å². The Morgan fingerprint density at radius 3 is 3.00 bits per heavy atom. The zero-order valence-corrected chi connectivity index (χ0v) is 8.63. The van der Waals surface area contributed by atoms with Crippen LogP contribution in [0.5, 0.6) is 0 Å². The number of rotatable bonds is 0. The lowest BCUT2D eigenvalue weighted by Gasteiger charge is -1.99. The standard InChI is InChI=1S/C10H5BrN2O/c11-6-2-1-5-8-7(13-10(5)14)3-4-12-9(6)8/h1-4H,(H,13,14). The molecule has 2 aromatic rings. The van der Waals surface area contributed by atoms with Crippen LogP contribution in [0, 0.1) is 0 Å². The fourth-order valence-corrected chi connectivity index (χ4v) is 2.15. The molecule has 0 fully saturated rings. The summed E-state index contributed by atoms with van der Waals surface area (Å²) in [6, 6.07) is 5.46. The zero-order valence-electron chi connectivity index (χ0n) is 7.04. The van der Waals surface area contributed by atoms with Gasteiger partial charge in [-0.2, -0.15) is 0 Å². The second kappa shape index (κ2) is 2.54. The molecule has 0 radical (unpaired) electrons. The van der Waals surface area contributed by atoms with Crippen LogP contribution in [0.1, 0.15) is 10.4 Å². The van der Waals surface area contributed by atoms with Gasteiger partial charge in [-0.1, -0.05) is 0 Å². The molecule has 1 amide bonds. The third-order valence-electron chi connectivity index (χ3n) is 2.34. The number of benzene rings is 1. The molecule has 3 rings (SSSR count). The molecule has 1 aliphatic rings. The van der Waals surface area contributed by atoms with E-state index in [9.17, 15) is 4.79 Å². The van der Waals surface area contributed by atoms with Gasteiger partial charge in [-0.05, 0) is 34.1 Å². The van der Waals surface area contributed by atoms with Gasteiger partial charge in [0.25, 0.3) is 5.91 Å². The Kier molecular flexibility index (Phi) is 1.44. The lowest BCUT2D eigenvalue weighted by atomic mass is 10.1. The average Bonchev–Trinajstić information content (AvgIpc) is 2.50. The Morgan fingerprint density at radius 1 is 1.29 bits per heavy atom. The normalized spacial score (nSPS) is 13.4. The molecule has 14 heavy (non-hydrogen) atoms. The molecular formula is C10H5BrN2O. The summed E-state index contributed by atoms with van der Waals surface area (Å²) in [6.45, 7) is 0. The molecule has 0 saturated heterocycles. The van der Waals surface area contributed by atoms with Gasteiger partial charge in [-0.15, -0.1) is 0 Å². The van der Waals surface area contributed by atoms with E-state index in [2.05, 4.69) is 26.2 Å². The SMILES string of the molecule is O=C1Nc2ccnc3c(Br)ccc1c23. The minimum absolute atomic E-state index is 0.0505. The first kappa shape index (κ1) is 7.94. The topological polar surface area (TPSA) is 42.0 Å². The Labute approximate surface area is 88.3 Å². The Bertz CT molecular complexity index is 565. The molecule has 2 heterocycles. The number of nitrogens with one attached hydrogen (secondary N) is 1. The monoisotopic (exact) mass is 248 g/mol. The van der Waals surface area contributed by atoms with Crippen molar-refractivity contribution < 1.29 is 4.79 Å². The third kappa shape index (κ3) is 0.861. The molecule has 0 atom stereocenters. The van der Waals surface area contributed by atoms with E-state index in [1.807, 2.05) is 12.1 Å². The molecular weight excluding hydrogens is 244 g/mol. The fraction of sp³-hybridized carbons (Fsp3) is 0. The van der Waals surface area contributed by atoms with Crippen molar-refractivity contribution in [2.45, 2.75) is 0 Å². The molecule has 68 valence electrons. The van der Waals surface area contributed by atoms with Crippen LogP contribution in [0.2, 0.25) is 0 Å². The number of carbonyl (C=O) groups is 1. The number of hydrogen-bond donors (Lipinski definition) is 1. The van der Waals surface area contributed by atoms with E-state index < -0.39 is 0 Å². The van der Waals surface area contributed by atoms with Crippen LogP contribution in [-0.4, -0.2) is 10.9 Å². The Balaban J connectivity index is 2.59. The van der Waals surface area contributed by atoms with Gasteiger partial charge in [0.15, 0.2) is 0 Å². The van der Waals surface area contributed by atoms with E-state index in [0.29, 0.717) is 5.56 Å². The lowest BCUT2D eigenvalue weighted by molar-refractivity contribution is 0.103. The highest BCUT2D eigenvalue weighted by Crippen LogP contribution is 2.34. The largest absolute Gasteiger partial charge is 0.321 e. The Morgan fingerprint density at radius 2 is 2.14 bits per heavy atom. The first-order valence-electron chi connectivity index (χ1n) is 4.16. The Hall–Kier alpha value is -1.42. The van der Waals surface area contributed by atoms with Crippen LogP contribution in [-0.2, 0) is 0 Å². The van der Waals surface area contributed by atoms with Crippen molar-refractivity contribution >= 4 is 38.4 Å². The van der Waals surface area contributed by atoms with Crippen LogP contribution in [0.25, 0.3) is 10.9 Å². The maximum absolute atomic E-state index is 11.5. The molecule has 1 aromatic carbocycles. The summed E-state index contributed by atoms with van der Waals surface area (Å²) in [7, 11) is 0. The van der Waals surface area contributed by atoms with Gasteiger partial charge < -0.3 is 5.32 Å². The van der Waals surface area contributed by atoms with Crippen LogP contribution in [0.4, 0.5) is 5.69 Å². The third-order valence-corrected chi connectivity index (χ3v) is 2.98. The number of amides is 1. The van der Waals surface area contributed by atoms with Crippen molar-refractivity contribution in [1.29, 1.82) is 0 Å². The van der Waals surface area contributed by atoms with Crippen LogP contribution in [0.15, 0.2) is 28.9 Å². The minimum Gasteiger partial charge on any atom is -0.321 e. The highest BCUT2D eigenvalue weighted by Gasteiger charge is 2.22. The van der Waals surface area contributed by atoms with E-state index in [0.717, 1.165) is 21.1 Å². The van der Waals surface area contributed by atoms with Crippen LogP contribution in [0.3, 0.4) is 0 Å². The molecule has 0 saturated carbocycles. The number of hydrogen-bond acceptors (Lipinski definition) is 2. The summed E-state index contributed by atoms with van der Waals surface area (Å²) in [5, 5.41) is 3.71. The van der Waals surface area contributed by atoms with Crippen molar-refractivity contribution in [3.05, 3.63) is 34.4 Å². The molecule has 0 aliphatic carbocycles. The van der Waals surface area contributed by atoms with Crippen molar-refractivity contribution in [1.82, 2.24) is 4.98 Å². The predicted octanol–water partition coefficient (Wildman–Crippen LogP) is 2.56. The summed E-state index contributed by atoms with van der Waals surface area (Å²) >= 11 is 3.41. The number of aromatic nitrogens is 1. The highest BCUT2D eigenvalue weighted by molar-refractivity contribution is 9.10. The predicted molar refractivity (Wildman–Crippen MR) is 57.4 cm³/mol. The maximum atomic E-state index is 11.5. The van der Waals surface area contributed by atoms with E-state index in [1.165, 1.54) is 0 Å². The van der Waals surface area contributed by atoms with Gasteiger partial charge in [-0.25, -0.2) is 0 Å². The van der Waals surface area contributed by atoms with Crippen molar-refractivity contribution in [3.8, 4) is 0 Å². The summed E-state index contributed by atoms with van der Waals surface area (Å²) in [6.07, 6.45) is 1.69. The van der Waals surface area contributed by atoms with Gasteiger partial charge >= 0.3 is 0 Å². The average molecular weight is 249 g/mol. The van der Waals surface area contributed by atoms with Crippen LogP contribution >= 0.6 is 15.9 Å². The number of pyridine rings is 1. The molecule has 1 N–H and O–H groups in total. The minimum atomic E-state index is -0.0505. The molecule has 4 heteroatoms. The summed E-state index contributed by atoms with van der Waals surface area (Å²) in [5.41, 5.74) is 2.38. The molecule has 1 aliphatic heterocycles. The second-order valence-corrected chi connectivity index (χ2v) is 3.99. The van der Waals surface area contributed by atoms with E-state index >= 15 is 0 Å². The zero-order chi connectivity index (χ0) is 9.71.